The third-order valence-corrected chi connectivity index (χ3v) is 7.15. The summed E-state index contributed by atoms with van der Waals surface area (Å²) in [4.78, 5) is 40.6. The van der Waals surface area contributed by atoms with Crippen LogP contribution < -0.4 is 10.7 Å². The van der Waals surface area contributed by atoms with E-state index in [1.165, 1.54) is 6.26 Å². The Morgan fingerprint density at radius 1 is 1.20 bits per heavy atom. The molecule has 1 saturated heterocycles. The van der Waals surface area contributed by atoms with Gasteiger partial charge >= 0.3 is 5.97 Å². The quantitative estimate of drug-likeness (QED) is 0.651. The van der Waals surface area contributed by atoms with Crippen molar-refractivity contribution in [2.75, 3.05) is 13.2 Å². The Morgan fingerprint density at radius 3 is 2.74 bits per heavy atom. The average molecular weight is 478 g/mol. The van der Waals surface area contributed by atoms with Gasteiger partial charge in [0.25, 0.3) is 0 Å². The summed E-state index contributed by atoms with van der Waals surface area (Å²) < 4.78 is 17.1. The predicted molar refractivity (Wildman–Crippen MR) is 131 cm³/mol. The molecule has 2 aromatic rings. The topological polar surface area (TPSA) is 94.8 Å². The molecule has 0 unspecified atom stereocenters. The monoisotopic (exact) mass is 477 g/mol. The second-order valence-electron chi connectivity index (χ2n) is 10.7. The number of dihydropyridines is 1. The molecule has 3 heterocycles. The van der Waals surface area contributed by atoms with Crippen LogP contribution in [-0.4, -0.2) is 31.1 Å². The average Bonchev–Trinajstić information content (AvgIpc) is 3.30. The van der Waals surface area contributed by atoms with Crippen molar-refractivity contribution in [3.63, 3.8) is 0 Å². The van der Waals surface area contributed by atoms with Crippen LogP contribution >= 0.6 is 0 Å². The molecule has 7 heteroatoms. The first-order chi connectivity index (χ1) is 16.6. The molecule has 35 heavy (non-hydrogen) atoms. The number of esters is 1. The van der Waals surface area contributed by atoms with Gasteiger partial charge in [0.1, 0.15) is 12.2 Å². The number of hydrogen-bond acceptors (Lipinski definition) is 7. The Bertz CT molecular complexity index is 1340. The molecule has 3 aliphatic rings. The standard InChI is InChI=1S/C28H31NO6/c1-15-7-8-22-18(10-15)26(31)19(14-34-22)24-23(27(32)35-13-17-6-5-9-33-17)16(2)29-20-11-28(3,4)12-21(30)25(20)24/h7-8,10,14,17,24,29H,5-6,9,11-13H2,1-4H3/t17-,24-/m1/s1. The summed E-state index contributed by atoms with van der Waals surface area (Å²) in [7, 11) is 0. The summed E-state index contributed by atoms with van der Waals surface area (Å²) in [6.07, 6.45) is 4.01. The van der Waals surface area contributed by atoms with Crippen LogP contribution in [0.5, 0.6) is 0 Å². The summed E-state index contributed by atoms with van der Waals surface area (Å²) >= 11 is 0. The first kappa shape index (κ1) is 23.5. The third kappa shape index (κ3) is 4.33. The third-order valence-electron chi connectivity index (χ3n) is 7.15. The van der Waals surface area contributed by atoms with Crippen LogP contribution in [-0.2, 0) is 19.1 Å². The van der Waals surface area contributed by atoms with Crippen molar-refractivity contribution in [1.29, 1.82) is 0 Å². The van der Waals surface area contributed by atoms with Crippen molar-refractivity contribution < 1.29 is 23.5 Å². The predicted octanol–water partition coefficient (Wildman–Crippen LogP) is 4.43. The summed E-state index contributed by atoms with van der Waals surface area (Å²) in [6.45, 7) is 8.58. The molecule has 1 aromatic heterocycles. The number of nitrogens with one attached hydrogen (secondary N) is 1. The Labute approximate surface area is 204 Å². The molecule has 2 atom stereocenters. The second-order valence-corrected chi connectivity index (χ2v) is 10.7. The van der Waals surface area contributed by atoms with Gasteiger partial charge < -0.3 is 19.2 Å². The van der Waals surface area contributed by atoms with E-state index in [0.29, 0.717) is 41.7 Å². The lowest BCUT2D eigenvalue weighted by Gasteiger charge is -2.39. The molecule has 2 aliphatic heterocycles. The first-order valence-corrected chi connectivity index (χ1v) is 12.2. The molecular weight excluding hydrogens is 446 g/mol. The molecule has 1 N–H and O–H groups in total. The van der Waals surface area contributed by atoms with Crippen molar-refractivity contribution in [3.05, 3.63) is 68.4 Å². The molecule has 0 saturated carbocycles. The Balaban J connectivity index is 1.63. The first-order valence-electron chi connectivity index (χ1n) is 12.2. The number of allylic oxidation sites excluding steroid dienone is 3. The van der Waals surface area contributed by atoms with Gasteiger partial charge in [-0.25, -0.2) is 4.79 Å². The van der Waals surface area contributed by atoms with Crippen LogP contribution in [0.1, 0.15) is 63.5 Å². The minimum Gasteiger partial charge on any atom is -0.464 e. The number of aryl methyl sites for hydroxylation is 1. The summed E-state index contributed by atoms with van der Waals surface area (Å²) in [5, 5.41) is 3.73. The van der Waals surface area contributed by atoms with Gasteiger partial charge in [0.05, 0.1) is 29.2 Å². The zero-order chi connectivity index (χ0) is 24.9. The smallest absolute Gasteiger partial charge is 0.336 e. The summed E-state index contributed by atoms with van der Waals surface area (Å²) in [6, 6.07) is 5.41. The lowest BCUT2D eigenvalue weighted by Crippen LogP contribution is -2.40. The molecule has 184 valence electrons. The van der Waals surface area contributed by atoms with Gasteiger partial charge in [-0.05, 0) is 50.7 Å². The number of carbonyl (C=O) groups excluding carboxylic acids is 2. The highest BCUT2D eigenvalue weighted by molar-refractivity contribution is 6.04. The van der Waals surface area contributed by atoms with Gasteiger partial charge in [-0.2, -0.15) is 0 Å². The number of Topliss-reactive ketones (excluding diaryl/α,β-unsaturated/α-hetero) is 1. The lowest BCUT2D eigenvalue weighted by atomic mass is 9.68. The van der Waals surface area contributed by atoms with Crippen LogP contribution in [0, 0.1) is 12.3 Å². The number of fused-ring (bicyclic) bond motifs is 1. The van der Waals surface area contributed by atoms with Gasteiger partial charge in [0.2, 0.25) is 0 Å². The fraction of sp³-hybridized carbons (Fsp3) is 0.464. The number of rotatable bonds is 4. The van der Waals surface area contributed by atoms with Crippen molar-refractivity contribution >= 4 is 22.7 Å². The van der Waals surface area contributed by atoms with E-state index in [1.807, 2.05) is 26.8 Å². The van der Waals surface area contributed by atoms with Crippen LogP contribution in [0.2, 0.25) is 0 Å². The largest absolute Gasteiger partial charge is 0.464 e. The molecule has 0 bridgehead atoms. The zero-order valence-electron chi connectivity index (χ0n) is 20.7. The highest BCUT2D eigenvalue weighted by Gasteiger charge is 2.44. The molecule has 1 aromatic carbocycles. The molecule has 0 amide bonds. The number of ketones is 1. The molecule has 5 rings (SSSR count). The van der Waals surface area contributed by atoms with Crippen molar-refractivity contribution in [3.8, 4) is 0 Å². The minimum atomic E-state index is -0.854. The number of carbonyl (C=O) groups is 2. The van der Waals surface area contributed by atoms with Gasteiger partial charge in [-0.1, -0.05) is 25.5 Å². The van der Waals surface area contributed by atoms with Gasteiger partial charge in [-0.3, -0.25) is 9.59 Å². The van der Waals surface area contributed by atoms with Crippen LogP contribution in [0.15, 0.2) is 56.2 Å². The van der Waals surface area contributed by atoms with E-state index in [-0.39, 0.29) is 40.5 Å². The number of ether oxygens (including phenoxy) is 2. The van der Waals surface area contributed by atoms with Gasteiger partial charge in [-0.15, -0.1) is 0 Å². The van der Waals surface area contributed by atoms with E-state index in [0.717, 1.165) is 24.1 Å². The molecule has 7 nitrogen and oxygen atoms in total. The van der Waals surface area contributed by atoms with E-state index < -0.39 is 11.9 Å². The van der Waals surface area contributed by atoms with Crippen LogP contribution in [0.3, 0.4) is 0 Å². The molecule has 1 fully saturated rings. The van der Waals surface area contributed by atoms with Crippen molar-refractivity contribution in [1.82, 2.24) is 5.32 Å². The normalized spacial score (nSPS) is 23.9. The maximum Gasteiger partial charge on any atom is 0.336 e. The molecule has 0 radical (unpaired) electrons. The zero-order valence-corrected chi connectivity index (χ0v) is 20.7. The Morgan fingerprint density at radius 2 is 2.00 bits per heavy atom. The second kappa shape index (κ2) is 8.79. The molecular formula is C28H31NO6. The highest BCUT2D eigenvalue weighted by atomic mass is 16.6. The van der Waals surface area contributed by atoms with Gasteiger partial charge in [0, 0.05) is 35.6 Å². The van der Waals surface area contributed by atoms with Gasteiger partial charge in [0.15, 0.2) is 11.2 Å². The molecule has 1 aliphatic carbocycles. The number of hydrogen-bond donors (Lipinski definition) is 1. The van der Waals surface area contributed by atoms with E-state index in [1.54, 1.807) is 19.1 Å². The summed E-state index contributed by atoms with van der Waals surface area (Å²) in [5.41, 5.74) is 3.26. The van der Waals surface area contributed by atoms with E-state index in [4.69, 9.17) is 13.9 Å². The van der Waals surface area contributed by atoms with Crippen molar-refractivity contribution in [2.45, 2.75) is 65.4 Å². The fourth-order valence-corrected chi connectivity index (χ4v) is 5.50. The Hall–Kier alpha value is -3.19. The van der Waals surface area contributed by atoms with E-state index in [9.17, 15) is 14.4 Å². The lowest BCUT2D eigenvalue weighted by molar-refractivity contribution is -0.142. The van der Waals surface area contributed by atoms with E-state index in [2.05, 4.69) is 5.32 Å². The molecule has 0 spiro atoms. The van der Waals surface area contributed by atoms with Crippen LogP contribution in [0.4, 0.5) is 0 Å². The van der Waals surface area contributed by atoms with E-state index >= 15 is 0 Å². The van der Waals surface area contributed by atoms with Crippen LogP contribution in [0.25, 0.3) is 11.0 Å². The fourth-order valence-electron chi connectivity index (χ4n) is 5.50. The highest BCUT2D eigenvalue weighted by Crippen LogP contribution is 2.46. The maximum atomic E-state index is 13.7. The van der Waals surface area contributed by atoms with Crippen molar-refractivity contribution in [2.24, 2.45) is 5.41 Å². The summed E-state index contributed by atoms with van der Waals surface area (Å²) in [5.74, 6) is -1.48. The minimum absolute atomic E-state index is 0.0746. The Kier molecular flexibility index (Phi) is 5.91. The number of benzene rings is 1. The SMILES string of the molecule is CC1=C(C(=O)OC[C@H]2CCCO2)[C@@H](c2coc3ccc(C)cc3c2=O)C2=C(CC(C)(C)CC2=O)N1. The maximum absolute atomic E-state index is 13.7.